The van der Waals surface area contributed by atoms with E-state index in [1.54, 1.807) is 6.08 Å². The van der Waals surface area contributed by atoms with Gasteiger partial charge in [-0.25, -0.2) is 0 Å². The molecule has 5 rings (SSSR count). The summed E-state index contributed by atoms with van der Waals surface area (Å²) >= 11 is 0. The predicted octanol–water partition coefficient (Wildman–Crippen LogP) is 9.39. The molecule has 0 amide bonds. The second-order valence-electron chi connectivity index (χ2n) is 8.41. The molecule has 158 valence electrons. The summed E-state index contributed by atoms with van der Waals surface area (Å²) in [6, 6.07) is 35.0. The molecular formula is C33H26. The summed E-state index contributed by atoms with van der Waals surface area (Å²) in [7, 11) is 0. The van der Waals surface area contributed by atoms with Gasteiger partial charge in [0.25, 0.3) is 0 Å². The van der Waals surface area contributed by atoms with E-state index >= 15 is 0 Å². The highest BCUT2D eigenvalue weighted by molar-refractivity contribution is 6.21. The van der Waals surface area contributed by atoms with Crippen molar-refractivity contribution in [1.82, 2.24) is 0 Å². The van der Waals surface area contributed by atoms with Gasteiger partial charge in [-0.3, -0.25) is 0 Å². The van der Waals surface area contributed by atoms with Gasteiger partial charge in [-0.1, -0.05) is 122 Å². The zero-order chi connectivity index (χ0) is 22.8. The topological polar surface area (TPSA) is 0 Å². The SMILES string of the molecule is C=C/C=C\C(=C)c1cc(C)cc(-c2c3ccccc3c(-c3ccccc3)c3ccccc23)c1. The molecule has 5 aromatic carbocycles. The molecule has 0 atom stereocenters. The molecule has 0 saturated carbocycles. The van der Waals surface area contributed by atoms with Crippen LogP contribution in [0.25, 0.3) is 49.4 Å². The third-order valence-electron chi connectivity index (χ3n) is 6.16. The fourth-order valence-electron chi connectivity index (χ4n) is 4.75. The minimum Gasteiger partial charge on any atom is -0.0991 e. The number of hydrogen-bond donors (Lipinski definition) is 0. The minimum atomic E-state index is 0.981. The van der Waals surface area contributed by atoms with Crippen LogP contribution in [-0.4, -0.2) is 0 Å². The van der Waals surface area contributed by atoms with Crippen LogP contribution in [0.3, 0.4) is 0 Å². The van der Waals surface area contributed by atoms with Gasteiger partial charge in [0.05, 0.1) is 0 Å². The fourth-order valence-corrected chi connectivity index (χ4v) is 4.75. The van der Waals surface area contributed by atoms with Crippen LogP contribution in [0.4, 0.5) is 0 Å². The molecular weight excluding hydrogens is 396 g/mol. The van der Waals surface area contributed by atoms with Crippen LogP contribution in [-0.2, 0) is 0 Å². The summed E-state index contributed by atoms with van der Waals surface area (Å²) in [6.45, 7) is 10.2. The maximum absolute atomic E-state index is 4.28. The van der Waals surface area contributed by atoms with Crippen molar-refractivity contribution in [3.63, 3.8) is 0 Å². The molecule has 0 nitrogen and oxygen atoms in total. The van der Waals surface area contributed by atoms with E-state index in [4.69, 9.17) is 0 Å². The summed E-state index contributed by atoms with van der Waals surface area (Å²) in [5.41, 5.74) is 8.34. The zero-order valence-corrected chi connectivity index (χ0v) is 18.9. The van der Waals surface area contributed by atoms with Gasteiger partial charge in [0.15, 0.2) is 0 Å². The highest BCUT2D eigenvalue weighted by Crippen LogP contribution is 2.44. The molecule has 0 radical (unpaired) electrons. The average molecular weight is 423 g/mol. The quantitative estimate of drug-likeness (QED) is 0.195. The van der Waals surface area contributed by atoms with Gasteiger partial charge in [-0.15, -0.1) is 0 Å². The lowest BCUT2D eigenvalue weighted by molar-refractivity contribution is 1.45. The molecule has 0 aromatic heterocycles. The van der Waals surface area contributed by atoms with Crippen molar-refractivity contribution in [3.8, 4) is 22.3 Å². The molecule has 0 unspecified atom stereocenters. The van der Waals surface area contributed by atoms with Crippen LogP contribution in [0.15, 0.2) is 128 Å². The Kier molecular flexibility index (Phi) is 5.50. The van der Waals surface area contributed by atoms with Crippen LogP contribution >= 0.6 is 0 Å². The van der Waals surface area contributed by atoms with Gasteiger partial charge in [-0.2, -0.15) is 0 Å². The minimum absolute atomic E-state index is 0.981. The number of allylic oxidation sites excluding steroid dienone is 4. The zero-order valence-electron chi connectivity index (χ0n) is 18.9. The van der Waals surface area contributed by atoms with E-state index in [1.165, 1.54) is 49.4 Å². The molecule has 0 aliphatic rings. The van der Waals surface area contributed by atoms with Crippen molar-refractivity contribution in [3.05, 3.63) is 140 Å². The molecule has 0 aliphatic heterocycles. The van der Waals surface area contributed by atoms with Crippen molar-refractivity contribution >= 4 is 27.1 Å². The van der Waals surface area contributed by atoms with E-state index in [1.807, 2.05) is 12.2 Å². The highest BCUT2D eigenvalue weighted by atomic mass is 14.2. The normalized spacial score (nSPS) is 11.3. The van der Waals surface area contributed by atoms with E-state index < -0.39 is 0 Å². The number of fused-ring (bicyclic) bond motifs is 2. The molecule has 0 N–H and O–H groups in total. The highest BCUT2D eigenvalue weighted by Gasteiger charge is 2.16. The third-order valence-corrected chi connectivity index (χ3v) is 6.16. The Hall–Kier alpha value is -4.16. The first-order valence-electron chi connectivity index (χ1n) is 11.3. The molecule has 0 heterocycles. The largest absolute Gasteiger partial charge is 0.0991 e. The Morgan fingerprint density at radius 2 is 1.15 bits per heavy atom. The summed E-state index contributed by atoms with van der Waals surface area (Å²) in [5, 5.41) is 5.06. The molecule has 33 heavy (non-hydrogen) atoms. The monoisotopic (exact) mass is 422 g/mol. The van der Waals surface area contributed by atoms with Crippen molar-refractivity contribution in [1.29, 1.82) is 0 Å². The molecule has 0 fully saturated rings. The van der Waals surface area contributed by atoms with E-state index in [-0.39, 0.29) is 0 Å². The van der Waals surface area contributed by atoms with E-state index in [0.717, 1.165) is 11.1 Å². The van der Waals surface area contributed by atoms with Crippen LogP contribution in [0, 0.1) is 6.92 Å². The first-order chi connectivity index (χ1) is 16.2. The van der Waals surface area contributed by atoms with Gasteiger partial charge < -0.3 is 0 Å². The Labute approximate surface area is 195 Å². The number of hydrogen-bond acceptors (Lipinski definition) is 0. The van der Waals surface area contributed by atoms with Gasteiger partial charge in [-0.05, 0) is 73.5 Å². The van der Waals surface area contributed by atoms with Crippen molar-refractivity contribution in [2.75, 3.05) is 0 Å². The smallest absolute Gasteiger partial charge is 0.00261 e. The van der Waals surface area contributed by atoms with Crippen molar-refractivity contribution in [2.24, 2.45) is 0 Å². The maximum atomic E-state index is 4.28. The molecule has 0 bridgehead atoms. The van der Waals surface area contributed by atoms with E-state index in [9.17, 15) is 0 Å². The summed E-state index contributed by atoms with van der Waals surface area (Å²) in [6.07, 6.45) is 5.73. The second kappa shape index (κ2) is 8.76. The summed E-state index contributed by atoms with van der Waals surface area (Å²) in [4.78, 5) is 0. The molecule has 0 saturated heterocycles. The number of benzene rings is 5. The van der Waals surface area contributed by atoms with E-state index in [0.29, 0.717) is 0 Å². The Bertz CT molecular complexity index is 1470. The van der Waals surface area contributed by atoms with Gasteiger partial charge in [0.2, 0.25) is 0 Å². The lowest BCUT2D eigenvalue weighted by Gasteiger charge is -2.18. The van der Waals surface area contributed by atoms with Crippen molar-refractivity contribution < 1.29 is 0 Å². The van der Waals surface area contributed by atoms with Crippen LogP contribution in [0.1, 0.15) is 11.1 Å². The average Bonchev–Trinajstić information content (AvgIpc) is 2.85. The molecule has 0 spiro atoms. The van der Waals surface area contributed by atoms with Crippen LogP contribution in [0.2, 0.25) is 0 Å². The first-order valence-corrected chi connectivity index (χ1v) is 11.3. The summed E-state index contributed by atoms with van der Waals surface area (Å²) < 4.78 is 0. The standard InChI is InChI=1S/C33H26/c1-4-5-13-24(3)26-20-23(2)21-27(22-26)33-30-18-11-9-16-28(30)32(25-14-7-6-8-15-25)29-17-10-12-19-31(29)33/h4-22H,1,3H2,2H3/b13-5-. The van der Waals surface area contributed by atoms with Gasteiger partial charge >= 0.3 is 0 Å². The molecule has 5 aromatic rings. The van der Waals surface area contributed by atoms with E-state index in [2.05, 4.69) is 117 Å². The Balaban J connectivity index is 1.88. The van der Waals surface area contributed by atoms with Crippen LogP contribution < -0.4 is 0 Å². The Morgan fingerprint density at radius 3 is 1.70 bits per heavy atom. The Morgan fingerprint density at radius 1 is 0.636 bits per heavy atom. The lowest BCUT2D eigenvalue weighted by Crippen LogP contribution is -1.92. The number of aryl methyl sites for hydroxylation is 1. The van der Waals surface area contributed by atoms with Crippen molar-refractivity contribution in [2.45, 2.75) is 6.92 Å². The number of rotatable bonds is 5. The first kappa shape index (κ1) is 20.7. The third kappa shape index (κ3) is 3.81. The second-order valence-corrected chi connectivity index (χ2v) is 8.41. The molecule has 0 aliphatic carbocycles. The fraction of sp³-hybridized carbons (Fsp3) is 0.0303. The van der Waals surface area contributed by atoms with Gasteiger partial charge in [0, 0.05) is 0 Å². The maximum Gasteiger partial charge on any atom is -0.00261 e. The summed E-state index contributed by atoms with van der Waals surface area (Å²) in [5.74, 6) is 0. The predicted molar refractivity (Wildman–Crippen MR) is 145 cm³/mol. The van der Waals surface area contributed by atoms with Crippen LogP contribution in [0.5, 0.6) is 0 Å². The van der Waals surface area contributed by atoms with Gasteiger partial charge in [0.1, 0.15) is 0 Å². The lowest BCUT2D eigenvalue weighted by atomic mass is 9.85. The molecule has 0 heteroatoms.